The molecule has 0 nitrogen and oxygen atoms in total. The van der Waals surface area contributed by atoms with Gasteiger partial charge in [0.15, 0.2) is 0 Å². The van der Waals surface area contributed by atoms with Gasteiger partial charge < -0.3 is 4.11 Å². The second-order valence-corrected chi connectivity index (χ2v) is 5.79. The fourth-order valence-corrected chi connectivity index (χ4v) is 2.82. The number of rotatable bonds is 5. The van der Waals surface area contributed by atoms with Gasteiger partial charge in [0.2, 0.25) is 9.13 Å². The van der Waals surface area contributed by atoms with Crippen molar-refractivity contribution in [3.8, 4) is 0 Å². The number of unbranched alkanes of at least 4 members (excludes halogenated alkanes) is 1. The van der Waals surface area contributed by atoms with Crippen LogP contribution in [0.15, 0.2) is 0 Å². The van der Waals surface area contributed by atoms with E-state index < -0.39 is 9.13 Å². The number of hydrogen-bond donors (Lipinski definition) is 0. The minimum atomic E-state index is -1.81. The fraction of sp³-hybridized carbons (Fsp3) is 1.00. The Bertz CT molecular complexity index is 75.7. The van der Waals surface area contributed by atoms with Crippen LogP contribution in [-0.4, -0.2) is 9.13 Å². The zero-order valence-electron chi connectivity index (χ0n) is 7.36. The molecule has 2 heteroatoms. The van der Waals surface area contributed by atoms with Gasteiger partial charge in [-0.25, -0.2) is 0 Å². The lowest BCUT2D eigenvalue weighted by Crippen LogP contribution is -2.11. The number of halogens is 1. The molecule has 0 saturated heterocycles. The highest BCUT2D eigenvalue weighted by molar-refractivity contribution is 6.52. The zero-order valence-corrected chi connectivity index (χ0v) is 8.52. The Morgan fingerprint density at radius 2 is 2.00 bits per heavy atom. The summed E-state index contributed by atoms with van der Waals surface area (Å²) >= 11 is 0. The second kappa shape index (κ2) is 5.90. The van der Waals surface area contributed by atoms with Gasteiger partial charge in [0.25, 0.3) is 0 Å². The van der Waals surface area contributed by atoms with Crippen molar-refractivity contribution in [3.63, 3.8) is 0 Å². The summed E-state index contributed by atoms with van der Waals surface area (Å²) in [6.07, 6.45) is 3.26. The Morgan fingerprint density at radius 1 is 1.40 bits per heavy atom. The zero-order chi connectivity index (χ0) is 7.98. The van der Waals surface area contributed by atoms with Gasteiger partial charge in [0.05, 0.1) is 0 Å². The maximum atomic E-state index is 13.1. The van der Waals surface area contributed by atoms with E-state index in [-0.39, 0.29) is 0 Å². The van der Waals surface area contributed by atoms with Gasteiger partial charge >= 0.3 is 0 Å². The van der Waals surface area contributed by atoms with Crippen molar-refractivity contribution in [1.29, 1.82) is 0 Å². The van der Waals surface area contributed by atoms with E-state index in [2.05, 4.69) is 13.8 Å². The Hall–Kier alpha value is 0.147. The van der Waals surface area contributed by atoms with E-state index in [9.17, 15) is 4.11 Å². The quantitative estimate of drug-likeness (QED) is 0.430. The highest BCUT2D eigenvalue weighted by Gasteiger charge is 2.15. The van der Waals surface area contributed by atoms with Crippen molar-refractivity contribution in [2.45, 2.75) is 51.6 Å². The van der Waals surface area contributed by atoms with Gasteiger partial charge in [0.1, 0.15) is 0 Å². The Morgan fingerprint density at radius 3 is 2.40 bits per heavy atom. The summed E-state index contributed by atoms with van der Waals surface area (Å²) in [5, 5.41) is 0. The molecule has 0 aliphatic carbocycles. The van der Waals surface area contributed by atoms with E-state index in [1.54, 1.807) is 0 Å². The minimum absolute atomic E-state index is 0.395. The molecule has 10 heavy (non-hydrogen) atoms. The first-order valence-electron chi connectivity index (χ1n) is 4.36. The topological polar surface area (TPSA) is 0 Å². The van der Waals surface area contributed by atoms with Crippen molar-refractivity contribution in [2.24, 2.45) is 0 Å². The predicted octanol–water partition coefficient (Wildman–Crippen LogP) is 3.28. The molecular weight excluding hydrogens is 143 g/mol. The molecule has 0 aromatic rings. The molecule has 0 amide bonds. The third-order valence-electron chi connectivity index (χ3n) is 2.09. The first kappa shape index (κ1) is 10.1. The minimum Gasteiger partial charge on any atom is -0.318 e. The molecule has 0 aromatic heterocycles. The molecule has 62 valence electrons. The maximum absolute atomic E-state index is 13.1. The van der Waals surface area contributed by atoms with Crippen LogP contribution < -0.4 is 0 Å². The van der Waals surface area contributed by atoms with Crippen molar-refractivity contribution in [2.75, 3.05) is 0 Å². The average molecular weight is 162 g/mol. The van der Waals surface area contributed by atoms with E-state index in [0.29, 0.717) is 5.54 Å². The van der Waals surface area contributed by atoms with Crippen LogP contribution in [0.3, 0.4) is 0 Å². The van der Waals surface area contributed by atoms with Crippen LogP contribution in [0.1, 0.15) is 40.0 Å². The third-order valence-corrected chi connectivity index (χ3v) is 4.76. The van der Waals surface area contributed by atoms with Crippen LogP contribution in [0, 0.1) is 0 Å². The molecule has 2 unspecified atom stereocenters. The average Bonchev–Trinajstić information content (AvgIpc) is 1.98. The Labute approximate surface area is 65.6 Å². The Kier molecular flexibility index (Phi) is 5.98. The highest BCUT2D eigenvalue weighted by atomic mass is 28.3. The summed E-state index contributed by atoms with van der Waals surface area (Å²) in [7, 11) is -1.81. The van der Waals surface area contributed by atoms with E-state index in [0.717, 1.165) is 25.3 Å². The lowest BCUT2D eigenvalue weighted by Gasteiger charge is -2.10. The standard InChI is InChI=1S/C8H19FSi/c1-4-6-7-10(9)8(3)5-2/h8,10H,4-7H2,1-3H3. The summed E-state index contributed by atoms with van der Waals surface area (Å²) < 4.78 is 13.1. The van der Waals surface area contributed by atoms with Crippen LogP contribution in [0.5, 0.6) is 0 Å². The van der Waals surface area contributed by atoms with E-state index >= 15 is 0 Å². The van der Waals surface area contributed by atoms with Crippen LogP contribution in [-0.2, 0) is 0 Å². The first-order chi connectivity index (χ1) is 4.72. The largest absolute Gasteiger partial charge is 0.318 e. The molecule has 2 atom stereocenters. The van der Waals surface area contributed by atoms with Gasteiger partial charge in [-0.3, -0.25) is 0 Å². The van der Waals surface area contributed by atoms with Crippen molar-refractivity contribution < 1.29 is 4.11 Å². The van der Waals surface area contributed by atoms with Gasteiger partial charge in [0, 0.05) is 0 Å². The summed E-state index contributed by atoms with van der Waals surface area (Å²) in [5.74, 6) is 0. The summed E-state index contributed by atoms with van der Waals surface area (Å²) in [5.41, 5.74) is 0.395. The lowest BCUT2D eigenvalue weighted by atomic mass is 10.4. The summed E-state index contributed by atoms with van der Waals surface area (Å²) in [6, 6.07) is 0.894. The SMILES string of the molecule is CCCC[SiH](F)C(C)CC. The van der Waals surface area contributed by atoms with Crippen molar-refractivity contribution >= 4 is 9.13 Å². The second-order valence-electron chi connectivity index (χ2n) is 3.04. The van der Waals surface area contributed by atoms with E-state index in [1.165, 1.54) is 0 Å². The monoisotopic (exact) mass is 162 g/mol. The van der Waals surface area contributed by atoms with Gasteiger partial charge in [-0.1, -0.05) is 40.0 Å². The summed E-state index contributed by atoms with van der Waals surface area (Å²) in [4.78, 5) is 0. The molecule has 0 heterocycles. The molecule has 0 fully saturated rings. The molecule has 0 N–H and O–H groups in total. The first-order valence-corrected chi connectivity index (χ1v) is 6.28. The van der Waals surface area contributed by atoms with Crippen molar-refractivity contribution in [1.82, 2.24) is 0 Å². The molecule has 0 spiro atoms. The fourth-order valence-electron chi connectivity index (χ4n) is 0.939. The molecular formula is C8H19FSi. The molecule has 0 aliphatic rings. The van der Waals surface area contributed by atoms with Crippen LogP contribution in [0.25, 0.3) is 0 Å². The van der Waals surface area contributed by atoms with Gasteiger partial charge in [-0.05, 0) is 11.6 Å². The predicted molar refractivity (Wildman–Crippen MR) is 47.7 cm³/mol. The molecule has 0 rings (SSSR count). The van der Waals surface area contributed by atoms with Crippen LogP contribution >= 0.6 is 0 Å². The maximum Gasteiger partial charge on any atom is 0.234 e. The van der Waals surface area contributed by atoms with Crippen LogP contribution in [0.4, 0.5) is 4.11 Å². The van der Waals surface area contributed by atoms with Gasteiger partial charge in [-0.2, -0.15) is 0 Å². The van der Waals surface area contributed by atoms with Gasteiger partial charge in [-0.15, -0.1) is 0 Å². The van der Waals surface area contributed by atoms with Crippen molar-refractivity contribution in [3.05, 3.63) is 0 Å². The smallest absolute Gasteiger partial charge is 0.234 e. The van der Waals surface area contributed by atoms with Crippen LogP contribution in [0.2, 0.25) is 11.6 Å². The molecule has 0 saturated carbocycles. The molecule has 0 aliphatic heterocycles. The Balaban J connectivity index is 3.31. The van der Waals surface area contributed by atoms with E-state index in [1.807, 2.05) is 6.92 Å². The molecule has 0 aromatic carbocycles. The molecule has 0 radical (unpaired) electrons. The lowest BCUT2D eigenvalue weighted by molar-refractivity contribution is 0.703. The highest BCUT2D eigenvalue weighted by Crippen LogP contribution is 2.19. The third kappa shape index (κ3) is 4.04. The normalized spacial score (nSPS) is 16.8. The van der Waals surface area contributed by atoms with E-state index in [4.69, 9.17) is 0 Å². The molecule has 0 bridgehead atoms. The number of hydrogen-bond acceptors (Lipinski definition) is 0. The summed E-state index contributed by atoms with van der Waals surface area (Å²) in [6.45, 7) is 6.25.